The standard InChI is InChI=1S/C25H30N2O5/c1-5-19-22(24(28)32-16(3)4)23(27-25(29)26-19)18-12-13-20(21(14-18)30-6-2)31-15-17-10-8-7-9-11-17/h7-14,16,23H,5-6,15H2,1-4H3,(H2,26,27,29). The molecule has 1 atom stereocenters. The molecule has 0 fully saturated rings. The molecule has 170 valence electrons. The molecule has 32 heavy (non-hydrogen) atoms. The maximum atomic E-state index is 12.9. The van der Waals surface area contributed by atoms with Gasteiger partial charge in [0, 0.05) is 5.70 Å². The van der Waals surface area contributed by atoms with E-state index in [1.54, 1.807) is 26.0 Å². The smallest absolute Gasteiger partial charge is 0.338 e. The summed E-state index contributed by atoms with van der Waals surface area (Å²) >= 11 is 0. The van der Waals surface area contributed by atoms with Gasteiger partial charge < -0.3 is 24.8 Å². The van der Waals surface area contributed by atoms with Crippen LogP contribution in [0.4, 0.5) is 4.79 Å². The molecule has 0 saturated heterocycles. The molecule has 0 aromatic heterocycles. The summed E-state index contributed by atoms with van der Waals surface area (Å²) in [5.74, 6) is 0.672. The van der Waals surface area contributed by atoms with Crippen molar-refractivity contribution in [3.05, 3.63) is 70.9 Å². The second-order valence-corrected chi connectivity index (χ2v) is 7.64. The third kappa shape index (κ3) is 5.60. The van der Waals surface area contributed by atoms with Crippen LogP contribution in [0.15, 0.2) is 59.8 Å². The number of hydrogen-bond donors (Lipinski definition) is 2. The quantitative estimate of drug-likeness (QED) is 0.558. The van der Waals surface area contributed by atoms with Crippen LogP contribution in [0.25, 0.3) is 0 Å². The number of nitrogens with one attached hydrogen (secondary N) is 2. The van der Waals surface area contributed by atoms with Crippen LogP contribution in [-0.2, 0) is 16.1 Å². The summed E-state index contributed by atoms with van der Waals surface area (Å²) in [5, 5.41) is 5.58. The van der Waals surface area contributed by atoms with E-state index in [-0.39, 0.29) is 12.1 Å². The van der Waals surface area contributed by atoms with Crippen LogP contribution in [0.5, 0.6) is 11.5 Å². The first kappa shape index (κ1) is 23.2. The van der Waals surface area contributed by atoms with Crippen LogP contribution >= 0.6 is 0 Å². The third-order valence-electron chi connectivity index (χ3n) is 4.91. The molecular formula is C25H30N2O5. The van der Waals surface area contributed by atoms with Crippen LogP contribution in [-0.4, -0.2) is 24.7 Å². The minimum Gasteiger partial charge on any atom is -0.490 e. The lowest BCUT2D eigenvalue weighted by Crippen LogP contribution is -2.46. The molecule has 0 spiro atoms. The zero-order valence-electron chi connectivity index (χ0n) is 18.9. The molecule has 7 nitrogen and oxygen atoms in total. The van der Waals surface area contributed by atoms with Gasteiger partial charge in [-0.15, -0.1) is 0 Å². The number of rotatable bonds is 9. The van der Waals surface area contributed by atoms with E-state index in [2.05, 4.69) is 10.6 Å². The fourth-order valence-electron chi connectivity index (χ4n) is 3.49. The topological polar surface area (TPSA) is 85.9 Å². The van der Waals surface area contributed by atoms with Gasteiger partial charge in [0.2, 0.25) is 0 Å². The highest BCUT2D eigenvalue weighted by Gasteiger charge is 2.34. The summed E-state index contributed by atoms with van der Waals surface area (Å²) in [6.45, 7) is 8.20. The number of hydrogen-bond acceptors (Lipinski definition) is 5. The van der Waals surface area contributed by atoms with Gasteiger partial charge in [-0.25, -0.2) is 9.59 Å². The van der Waals surface area contributed by atoms with E-state index in [9.17, 15) is 9.59 Å². The molecule has 1 aliphatic rings. The molecule has 2 amide bonds. The van der Waals surface area contributed by atoms with Crippen LogP contribution in [0.3, 0.4) is 0 Å². The normalized spacial score (nSPS) is 15.8. The van der Waals surface area contributed by atoms with E-state index in [0.29, 0.717) is 48.0 Å². The molecule has 1 aliphatic heterocycles. The SMILES string of the molecule is CCOc1cc(C2NC(=O)NC(CC)=C2C(=O)OC(C)C)ccc1OCc1ccccc1. The fraction of sp³-hybridized carbons (Fsp3) is 0.360. The zero-order valence-corrected chi connectivity index (χ0v) is 18.9. The van der Waals surface area contributed by atoms with Crippen molar-refractivity contribution in [3.63, 3.8) is 0 Å². The van der Waals surface area contributed by atoms with Crippen LogP contribution in [0.2, 0.25) is 0 Å². The first-order valence-corrected chi connectivity index (χ1v) is 10.9. The Kier molecular flexibility index (Phi) is 7.76. The summed E-state index contributed by atoms with van der Waals surface area (Å²) in [5.41, 5.74) is 2.68. The van der Waals surface area contributed by atoms with Crippen LogP contribution in [0, 0.1) is 0 Å². The largest absolute Gasteiger partial charge is 0.490 e. The molecular weight excluding hydrogens is 408 g/mol. The van der Waals surface area contributed by atoms with Gasteiger partial charge in [0.25, 0.3) is 0 Å². The Hall–Kier alpha value is -3.48. The molecule has 2 N–H and O–H groups in total. The lowest BCUT2D eigenvalue weighted by Gasteiger charge is -2.30. The number of carbonyl (C=O) groups excluding carboxylic acids is 2. The zero-order chi connectivity index (χ0) is 23.1. The van der Waals surface area contributed by atoms with E-state index < -0.39 is 12.0 Å². The van der Waals surface area contributed by atoms with Gasteiger partial charge in [-0.3, -0.25) is 0 Å². The Bertz CT molecular complexity index is 985. The molecule has 0 bridgehead atoms. The summed E-state index contributed by atoms with van der Waals surface area (Å²) in [7, 11) is 0. The summed E-state index contributed by atoms with van der Waals surface area (Å²) in [6, 6.07) is 14.3. The van der Waals surface area contributed by atoms with Crippen molar-refractivity contribution in [2.24, 2.45) is 0 Å². The third-order valence-corrected chi connectivity index (χ3v) is 4.91. The molecule has 1 unspecified atom stereocenters. The maximum Gasteiger partial charge on any atom is 0.338 e. The maximum absolute atomic E-state index is 12.9. The van der Waals surface area contributed by atoms with Gasteiger partial charge in [0.1, 0.15) is 6.61 Å². The Morgan fingerprint density at radius 2 is 1.78 bits per heavy atom. The van der Waals surface area contributed by atoms with E-state index >= 15 is 0 Å². The Morgan fingerprint density at radius 3 is 2.44 bits per heavy atom. The fourth-order valence-corrected chi connectivity index (χ4v) is 3.49. The van der Waals surface area contributed by atoms with Crippen LogP contribution in [0.1, 0.15) is 51.3 Å². The predicted molar refractivity (Wildman–Crippen MR) is 121 cm³/mol. The Labute approximate surface area is 188 Å². The number of allylic oxidation sites excluding steroid dienone is 1. The van der Waals surface area contributed by atoms with E-state index in [0.717, 1.165) is 5.56 Å². The van der Waals surface area contributed by atoms with Gasteiger partial charge in [-0.1, -0.05) is 43.3 Å². The minimum absolute atomic E-state index is 0.279. The van der Waals surface area contributed by atoms with Crippen LogP contribution < -0.4 is 20.1 Å². The summed E-state index contributed by atoms with van der Waals surface area (Å²) in [6.07, 6.45) is 0.211. The average molecular weight is 439 g/mol. The highest BCUT2D eigenvalue weighted by atomic mass is 16.5. The van der Waals surface area contributed by atoms with Crippen molar-refractivity contribution >= 4 is 12.0 Å². The number of esters is 1. The molecule has 2 aromatic carbocycles. The highest BCUT2D eigenvalue weighted by Crippen LogP contribution is 2.35. The van der Waals surface area contributed by atoms with Crippen molar-refractivity contribution in [1.29, 1.82) is 0 Å². The second-order valence-electron chi connectivity index (χ2n) is 7.64. The minimum atomic E-state index is -0.660. The monoisotopic (exact) mass is 438 g/mol. The molecule has 0 radical (unpaired) electrons. The highest BCUT2D eigenvalue weighted by molar-refractivity contribution is 5.95. The molecule has 2 aromatic rings. The van der Waals surface area contributed by atoms with Gasteiger partial charge in [-0.2, -0.15) is 0 Å². The lowest BCUT2D eigenvalue weighted by atomic mass is 9.94. The number of urea groups is 1. The second kappa shape index (κ2) is 10.7. The average Bonchev–Trinajstić information content (AvgIpc) is 2.77. The van der Waals surface area contributed by atoms with E-state index in [1.807, 2.05) is 50.2 Å². The van der Waals surface area contributed by atoms with Crippen molar-refractivity contribution in [2.45, 2.75) is 52.9 Å². The molecule has 7 heteroatoms. The predicted octanol–water partition coefficient (Wildman–Crippen LogP) is 4.63. The number of ether oxygens (including phenoxy) is 3. The molecule has 1 heterocycles. The Balaban J connectivity index is 1.94. The molecule has 0 aliphatic carbocycles. The number of carbonyl (C=O) groups is 2. The lowest BCUT2D eigenvalue weighted by molar-refractivity contribution is -0.143. The Morgan fingerprint density at radius 1 is 1.03 bits per heavy atom. The first-order chi connectivity index (χ1) is 15.4. The van der Waals surface area contributed by atoms with Gasteiger partial charge in [-0.05, 0) is 50.5 Å². The van der Waals surface area contributed by atoms with Gasteiger partial charge >= 0.3 is 12.0 Å². The molecule has 3 rings (SSSR count). The van der Waals surface area contributed by atoms with Gasteiger partial charge in [0.15, 0.2) is 11.5 Å². The van der Waals surface area contributed by atoms with E-state index in [1.165, 1.54) is 0 Å². The first-order valence-electron chi connectivity index (χ1n) is 10.9. The van der Waals surface area contributed by atoms with Crippen molar-refractivity contribution in [3.8, 4) is 11.5 Å². The summed E-state index contributed by atoms with van der Waals surface area (Å²) in [4.78, 5) is 25.2. The number of amides is 2. The van der Waals surface area contributed by atoms with Crippen molar-refractivity contribution in [1.82, 2.24) is 10.6 Å². The van der Waals surface area contributed by atoms with Gasteiger partial charge in [0.05, 0.1) is 24.3 Å². The van der Waals surface area contributed by atoms with Crippen molar-refractivity contribution in [2.75, 3.05) is 6.61 Å². The molecule has 0 saturated carbocycles. The van der Waals surface area contributed by atoms with E-state index in [4.69, 9.17) is 14.2 Å². The van der Waals surface area contributed by atoms with Crippen molar-refractivity contribution < 1.29 is 23.8 Å². The number of benzene rings is 2. The summed E-state index contributed by atoms with van der Waals surface area (Å²) < 4.78 is 17.2.